The minimum absolute atomic E-state index is 0. The van der Waals surface area contributed by atoms with Gasteiger partial charge in [-0.15, -0.1) is 0 Å². The molecule has 1 aliphatic heterocycles. The Morgan fingerprint density at radius 1 is 1.30 bits per heavy atom. The lowest BCUT2D eigenvalue weighted by Crippen LogP contribution is -2.00. The number of imidazole rings is 1. The van der Waals surface area contributed by atoms with Crippen LogP contribution in [0.1, 0.15) is 64.3 Å². The van der Waals surface area contributed by atoms with E-state index in [2.05, 4.69) is 28.0 Å². The minimum Gasteiger partial charge on any atom is -0.294 e. The van der Waals surface area contributed by atoms with Crippen LogP contribution in [0.3, 0.4) is 0 Å². The summed E-state index contributed by atoms with van der Waals surface area (Å²) in [6, 6.07) is 0. The van der Waals surface area contributed by atoms with Crippen LogP contribution in [0.25, 0.3) is 11.2 Å². The summed E-state index contributed by atoms with van der Waals surface area (Å²) in [6.07, 6.45) is 11.1. The van der Waals surface area contributed by atoms with E-state index in [9.17, 15) is 4.79 Å². The first-order valence-electron chi connectivity index (χ1n) is 7.73. The third-order valence-electron chi connectivity index (χ3n) is 3.46. The number of fused-ring (bicyclic) bond motifs is 1. The number of rotatable bonds is 2. The van der Waals surface area contributed by atoms with Crippen LogP contribution >= 0.6 is 0 Å². The van der Waals surface area contributed by atoms with E-state index in [1.807, 2.05) is 20.1 Å². The van der Waals surface area contributed by atoms with Gasteiger partial charge < -0.3 is 0 Å². The third-order valence-corrected chi connectivity index (χ3v) is 3.46. The highest BCUT2D eigenvalue weighted by Crippen LogP contribution is 2.25. The number of hydrogen-bond donors (Lipinski definition) is 0. The number of hydrogen-bond acceptors (Lipinski definition) is 4. The molecule has 5 nitrogen and oxygen atoms in total. The Labute approximate surface area is 138 Å². The molecule has 0 aliphatic carbocycles. The molecular weight excluding hydrogens is 288 g/mol. The Bertz CT molecular complexity index is 728. The molecule has 5 heteroatoms. The summed E-state index contributed by atoms with van der Waals surface area (Å²) < 4.78 is 1.77. The largest absolute Gasteiger partial charge is 0.294 e. The smallest absolute Gasteiger partial charge is 0.195 e. The van der Waals surface area contributed by atoms with E-state index < -0.39 is 0 Å². The number of ketones is 1. The molecule has 0 amide bonds. The van der Waals surface area contributed by atoms with Crippen molar-refractivity contribution in [1.82, 2.24) is 14.4 Å². The van der Waals surface area contributed by atoms with Crippen LogP contribution in [0, 0.1) is 5.92 Å². The van der Waals surface area contributed by atoms with Gasteiger partial charge in [0.05, 0.1) is 17.4 Å². The number of nitrogens with zero attached hydrogens (tertiary/aromatic N) is 4. The average molecular weight is 314 g/mol. The minimum atomic E-state index is -0.0657. The fraction of sp³-hybridized carbons (Fsp3) is 0.444. The first-order chi connectivity index (χ1) is 10.7. The molecule has 0 fully saturated rings. The molecule has 23 heavy (non-hydrogen) atoms. The van der Waals surface area contributed by atoms with Gasteiger partial charge in [-0.25, -0.2) is 4.98 Å². The van der Waals surface area contributed by atoms with Crippen molar-refractivity contribution in [3.05, 3.63) is 36.2 Å². The summed E-state index contributed by atoms with van der Waals surface area (Å²) in [5.41, 5.74) is 2.37. The molecule has 1 aliphatic rings. The Morgan fingerprint density at radius 2 is 2.04 bits per heavy atom. The SMILES string of the molecule is C.CC.CC(=O)c1nc(C2=CCC(C)CC=N2)c2cnccn12. The fourth-order valence-electron chi connectivity index (χ4n) is 2.33. The van der Waals surface area contributed by atoms with Crippen LogP contribution in [0.4, 0.5) is 0 Å². The summed E-state index contributed by atoms with van der Waals surface area (Å²) in [5.74, 6) is 0.936. The second-order valence-electron chi connectivity index (χ2n) is 5.15. The summed E-state index contributed by atoms with van der Waals surface area (Å²) in [5, 5.41) is 0. The van der Waals surface area contributed by atoms with Crippen molar-refractivity contribution in [2.75, 3.05) is 0 Å². The number of Topliss-reactive ketones (excluding diaryl/α,β-unsaturated/α-hetero) is 1. The van der Waals surface area contributed by atoms with Crippen LogP contribution in [-0.2, 0) is 0 Å². The summed E-state index contributed by atoms with van der Waals surface area (Å²) in [4.78, 5) is 24.8. The van der Waals surface area contributed by atoms with Gasteiger partial charge in [-0.05, 0) is 18.8 Å². The molecule has 1 atom stereocenters. The van der Waals surface area contributed by atoms with Crippen molar-refractivity contribution in [2.45, 2.75) is 48.0 Å². The van der Waals surface area contributed by atoms with Crippen molar-refractivity contribution in [3.8, 4) is 0 Å². The Kier molecular flexibility index (Phi) is 6.82. The van der Waals surface area contributed by atoms with Gasteiger partial charge >= 0.3 is 0 Å². The number of carbonyl (C=O) groups is 1. The topological polar surface area (TPSA) is 59.6 Å². The van der Waals surface area contributed by atoms with Crippen molar-refractivity contribution in [3.63, 3.8) is 0 Å². The predicted octanol–water partition coefficient (Wildman–Crippen LogP) is 4.44. The molecule has 3 heterocycles. The molecule has 0 N–H and O–H groups in total. The van der Waals surface area contributed by atoms with Gasteiger partial charge in [-0.2, -0.15) is 0 Å². The zero-order valence-electron chi connectivity index (χ0n) is 13.6. The van der Waals surface area contributed by atoms with Gasteiger partial charge in [0.15, 0.2) is 11.6 Å². The highest BCUT2D eigenvalue weighted by Gasteiger charge is 2.17. The van der Waals surface area contributed by atoms with E-state index >= 15 is 0 Å². The Hall–Kier alpha value is -2.30. The molecular formula is C18H26N4O. The summed E-state index contributed by atoms with van der Waals surface area (Å²) in [6.45, 7) is 7.71. The maximum Gasteiger partial charge on any atom is 0.195 e. The second kappa shape index (κ2) is 8.36. The molecule has 0 spiro atoms. The van der Waals surface area contributed by atoms with E-state index in [4.69, 9.17) is 0 Å². The van der Waals surface area contributed by atoms with Crippen LogP contribution in [-0.4, -0.2) is 26.4 Å². The lowest BCUT2D eigenvalue weighted by Gasteiger charge is -2.00. The number of aromatic nitrogens is 3. The van der Waals surface area contributed by atoms with Crippen LogP contribution in [0.2, 0.25) is 0 Å². The molecule has 2 aromatic heterocycles. The highest BCUT2D eigenvalue weighted by molar-refractivity contribution is 5.93. The van der Waals surface area contributed by atoms with Gasteiger partial charge in [0.25, 0.3) is 0 Å². The molecule has 2 aromatic rings. The van der Waals surface area contributed by atoms with Crippen molar-refractivity contribution < 1.29 is 4.79 Å². The third kappa shape index (κ3) is 3.92. The first kappa shape index (κ1) is 18.7. The predicted molar refractivity (Wildman–Crippen MR) is 95.9 cm³/mol. The van der Waals surface area contributed by atoms with E-state index in [0.717, 1.165) is 29.7 Å². The normalized spacial score (nSPS) is 16.7. The Morgan fingerprint density at radius 3 is 2.74 bits per heavy atom. The summed E-state index contributed by atoms with van der Waals surface area (Å²) >= 11 is 0. The van der Waals surface area contributed by atoms with Crippen LogP contribution < -0.4 is 0 Å². The van der Waals surface area contributed by atoms with Gasteiger partial charge in [0.2, 0.25) is 0 Å². The standard InChI is InChI=1S/C15H16N4O.C2H6.CH4/c1-10-3-4-12(17-6-5-10)14-13-9-16-7-8-19(13)15(18-14)11(2)20;1-2;/h4,6-10H,3,5H2,1-2H3;1-2H3;1H4. The maximum absolute atomic E-state index is 11.7. The number of aliphatic imine (C=N–C) groups is 1. The Balaban J connectivity index is 0.000000849. The lowest BCUT2D eigenvalue weighted by molar-refractivity contribution is 0.100. The molecule has 124 valence electrons. The number of allylic oxidation sites excluding steroid dienone is 1. The lowest BCUT2D eigenvalue weighted by atomic mass is 10.1. The molecule has 3 rings (SSSR count). The van der Waals surface area contributed by atoms with E-state index in [1.165, 1.54) is 6.92 Å². The highest BCUT2D eigenvalue weighted by atomic mass is 16.1. The van der Waals surface area contributed by atoms with Gasteiger partial charge in [0.1, 0.15) is 5.69 Å². The molecule has 0 aromatic carbocycles. The molecule has 1 unspecified atom stereocenters. The fourth-order valence-corrected chi connectivity index (χ4v) is 2.33. The van der Waals surface area contributed by atoms with Crippen molar-refractivity contribution in [1.29, 1.82) is 0 Å². The molecule has 0 saturated carbocycles. The van der Waals surface area contributed by atoms with Crippen molar-refractivity contribution >= 4 is 23.2 Å². The number of carbonyl (C=O) groups excluding carboxylic acids is 1. The molecule has 0 radical (unpaired) electrons. The van der Waals surface area contributed by atoms with Crippen LogP contribution in [0.15, 0.2) is 29.7 Å². The quantitative estimate of drug-likeness (QED) is 0.770. The average Bonchev–Trinajstić information content (AvgIpc) is 2.79. The maximum atomic E-state index is 11.7. The van der Waals surface area contributed by atoms with Gasteiger partial charge in [-0.3, -0.25) is 19.2 Å². The molecule has 0 bridgehead atoms. The van der Waals surface area contributed by atoms with Gasteiger partial charge in [0, 0.05) is 25.5 Å². The molecule has 0 saturated heterocycles. The zero-order chi connectivity index (χ0) is 16.1. The monoisotopic (exact) mass is 314 g/mol. The second-order valence-corrected chi connectivity index (χ2v) is 5.15. The van der Waals surface area contributed by atoms with E-state index in [1.54, 1.807) is 23.0 Å². The van der Waals surface area contributed by atoms with E-state index in [0.29, 0.717) is 11.7 Å². The zero-order valence-corrected chi connectivity index (χ0v) is 13.6. The van der Waals surface area contributed by atoms with Crippen LogP contribution in [0.5, 0.6) is 0 Å². The van der Waals surface area contributed by atoms with Gasteiger partial charge in [-0.1, -0.05) is 34.3 Å². The summed E-state index contributed by atoms with van der Waals surface area (Å²) in [7, 11) is 0. The van der Waals surface area contributed by atoms with E-state index in [-0.39, 0.29) is 13.2 Å². The first-order valence-corrected chi connectivity index (χ1v) is 7.73. The van der Waals surface area contributed by atoms with Crippen molar-refractivity contribution in [2.24, 2.45) is 10.9 Å².